The third-order valence-corrected chi connectivity index (χ3v) is 17.0. The molecule has 1 heterocycles. The zero-order valence-electron chi connectivity index (χ0n) is 40.2. The molecule has 0 unspecified atom stereocenters. The minimum absolute atomic E-state index is 0.150. The minimum Gasteiger partial charge on any atom is -0.308 e. The fourth-order valence-electron chi connectivity index (χ4n) is 12.6. The van der Waals surface area contributed by atoms with Crippen molar-refractivity contribution in [1.29, 1.82) is 0 Å². The smallest absolute Gasteiger partial charge is 0.0719 e. The molecule has 12 aromatic rings. The molecule has 0 amide bonds. The molecule has 1 aromatic heterocycles. The molecule has 0 aliphatic heterocycles. The van der Waals surface area contributed by atoms with Gasteiger partial charge in [-0.05, 0) is 120 Å². The third kappa shape index (κ3) is 6.25. The highest BCUT2D eigenvalue weighted by Crippen LogP contribution is 2.62. The van der Waals surface area contributed by atoms with Crippen LogP contribution in [0.2, 0.25) is 0 Å². The zero-order chi connectivity index (χ0) is 48.0. The summed E-state index contributed by atoms with van der Waals surface area (Å²) in [5, 5.41) is 2.56. The summed E-state index contributed by atoms with van der Waals surface area (Å²) in [4.78, 5) is 2.50. The molecular weight excluding hydrogens is 887 g/mol. The lowest BCUT2D eigenvalue weighted by Crippen LogP contribution is -2.40. The Labute approximate surface area is 425 Å². The number of hydrogen-bond donors (Lipinski definition) is 0. The number of fused-ring (bicyclic) bond motifs is 12. The molecule has 72 heavy (non-hydrogen) atoms. The van der Waals surface area contributed by atoms with E-state index in [9.17, 15) is 0 Å². The van der Waals surface area contributed by atoms with E-state index in [1.54, 1.807) is 0 Å². The first-order valence-electron chi connectivity index (χ1n) is 25.1. The molecule has 2 heteroatoms. The Kier molecular flexibility index (Phi) is 9.71. The molecule has 0 atom stereocenters. The van der Waals surface area contributed by atoms with Crippen molar-refractivity contribution in [2.24, 2.45) is 0 Å². The molecule has 2 aliphatic carbocycles. The first kappa shape index (κ1) is 42.3. The second kappa shape index (κ2) is 16.5. The molecule has 2 aliphatic rings. The van der Waals surface area contributed by atoms with Crippen LogP contribution in [0.25, 0.3) is 75.8 Å². The maximum Gasteiger partial charge on any atom is 0.0719 e. The molecule has 0 saturated heterocycles. The molecule has 340 valence electrons. The topological polar surface area (TPSA) is 3.24 Å². The predicted molar refractivity (Wildman–Crippen MR) is 305 cm³/mol. The molecule has 0 radical (unpaired) electrons. The predicted octanol–water partition coefficient (Wildman–Crippen LogP) is 19.2. The Balaban J connectivity index is 0.949. The molecule has 11 aromatic carbocycles. The highest BCUT2D eigenvalue weighted by Gasteiger charge is 2.53. The van der Waals surface area contributed by atoms with E-state index in [1.165, 1.54) is 104 Å². The maximum atomic E-state index is 2.51. The van der Waals surface area contributed by atoms with Crippen molar-refractivity contribution in [2.45, 2.75) is 24.7 Å². The van der Waals surface area contributed by atoms with Crippen LogP contribution in [0.15, 0.2) is 261 Å². The van der Waals surface area contributed by atoms with E-state index in [0.717, 1.165) is 22.6 Å². The number of para-hydroxylation sites is 1. The van der Waals surface area contributed by atoms with Crippen molar-refractivity contribution in [3.05, 3.63) is 294 Å². The first-order valence-corrected chi connectivity index (χ1v) is 25.9. The van der Waals surface area contributed by atoms with Crippen LogP contribution in [0, 0.1) is 0 Å². The van der Waals surface area contributed by atoms with Crippen LogP contribution in [-0.4, -0.2) is 0 Å². The van der Waals surface area contributed by atoms with Crippen molar-refractivity contribution in [3.63, 3.8) is 0 Å². The van der Waals surface area contributed by atoms with Crippen LogP contribution >= 0.6 is 11.3 Å². The second-order valence-corrected chi connectivity index (χ2v) is 20.9. The number of rotatable bonds is 7. The summed E-state index contributed by atoms with van der Waals surface area (Å²) in [5.74, 6) is 0. The van der Waals surface area contributed by atoms with Gasteiger partial charge in [-0.2, -0.15) is 0 Å². The molecule has 14 rings (SSSR count). The molecule has 0 fully saturated rings. The van der Waals surface area contributed by atoms with Crippen molar-refractivity contribution in [2.75, 3.05) is 4.90 Å². The van der Waals surface area contributed by atoms with E-state index in [0.29, 0.717) is 0 Å². The summed E-state index contributed by atoms with van der Waals surface area (Å²) in [6.07, 6.45) is 0. The van der Waals surface area contributed by atoms with Crippen LogP contribution in [0.3, 0.4) is 0 Å². The van der Waals surface area contributed by atoms with Gasteiger partial charge in [0.15, 0.2) is 0 Å². The van der Waals surface area contributed by atoms with E-state index in [2.05, 4.69) is 280 Å². The van der Waals surface area contributed by atoms with E-state index in [-0.39, 0.29) is 5.41 Å². The number of benzene rings is 11. The van der Waals surface area contributed by atoms with Gasteiger partial charge in [-0.25, -0.2) is 0 Å². The minimum atomic E-state index is -0.452. The summed E-state index contributed by atoms with van der Waals surface area (Å²) < 4.78 is 2.55. The summed E-state index contributed by atoms with van der Waals surface area (Å²) in [6, 6.07) is 97.2. The Hall–Kier alpha value is -8.56. The Bertz CT molecular complexity index is 4030. The normalized spacial score (nSPS) is 13.6. The Morgan fingerprint density at radius 2 is 0.792 bits per heavy atom. The zero-order valence-corrected chi connectivity index (χ0v) is 41.0. The molecule has 0 N–H and O–H groups in total. The number of anilines is 3. The Morgan fingerprint density at radius 3 is 1.50 bits per heavy atom. The number of thiophene rings is 1. The van der Waals surface area contributed by atoms with Gasteiger partial charge in [-0.3, -0.25) is 0 Å². The molecule has 0 bridgehead atoms. The first-order chi connectivity index (χ1) is 35.5. The Morgan fingerprint density at radius 1 is 0.306 bits per heavy atom. The fourth-order valence-corrected chi connectivity index (χ4v) is 13.8. The van der Waals surface area contributed by atoms with E-state index in [4.69, 9.17) is 0 Å². The van der Waals surface area contributed by atoms with Gasteiger partial charge in [0.2, 0.25) is 0 Å². The average Bonchev–Trinajstić information content (AvgIpc) is 3.98. The van der Waals surface area contributed by atoms with Gasteiger partial charge in [0, 0.05) is 32.1 Å². The second-order valence-electron chi connectivity index (χ2n) is 19.9. The summed E-state index contributed by atoms with van der Waals surface area (Å²) in [5.41, 5.74) is 23.2. The third-order valence-electron chi connectivity index (χ3n) is 15.8. The van der Waals surface area contributed by atoms with Crippen LogP contribution in [0.5, 0.6) is 0 Å². The highest BCUT2D eigenvalue weighted by molar-refractivity contribution is 7.26. The van der Waals surface area contributed by atoms with Gasteiger partial charge in [-0.15, -0.1) is 11.3 Å². The van der Waals surface area contributed by atoms with Gasteiger partial charge in [0.1, 0.15) is 0 Å². The maximum absolute atomic E-state index is 2.51. The summed E-state index contributed by atoms with van der Waals surface area (Å²) in [6.45, 7) is 4.79. The summed E-state index contributed by atoms with van der Waals surface area (Å²) >= 11 is 1.87. The van der Waals surface area contributed by atoms with Crippen molar-refractivity contribution in [1.82, 2.24) is 0 Å². The highest BCUT2D eigenvalue weighted by atomic mass is 32.1. The summed E-state index contributed by atoms with van der Waals surface area (Å²) in [7, 11) is 0. The van der Waals surface area contributed by atoms with Gasteiger partial charge in [-0.1, -0.05) is 238 Å². The van der Waals surface area contributed by atoms with E-state index >= 15 is 0 Å². The van der Waals surface area contributed by atoms with Gasteiger partial charge < -0.3 is 4.90 Å². The van der Waals surface area contributed by atoms with E-state index < -0.39 is 5.41 Å². The fraction of sp³-hybridized carbons (Fsp3) is 0.0571. The molecule has 1 nitrogen and oxygen atoms in total. The quantitative estimate of drug-likeness (QED) is 0.154. The lowest BCUT2D eigenvalue weighted by molar-refractivity contribution is 0.563. The van der Waals surface area contributed by atoms with Crippen LogP contribution in [0.1, 0.15) is 47.2 Å². The lowest BCUT2D eigenvalue weighted by atomic mass is 9.55. The molecule has 1 spiro atoms. The molecule has 0 saturated carbocycles. The number of hydrogen-bond acceptors (Lipinski definition) is 2. The van der Waals surface area contributed by atoms with Crippen LogP contribution in [0.4, 0.5) is 17.1 Å². The van der Waals surface area contributed by atoms with Gasteiger partial charge in [0.05, 0.1) is 21.5 Å². The lowest BCUT2D eigenvalue weighted by Gasteiger charge is -2.46. The standard InChI is InChI=1S/C70H49NS/c1-69(2)60-32-14-16-34-62(60)70(63-35-17-15-33-61(63)69)59-31-13-10-27-54(59)55-44-41-48(45-64(55)70)46-39-42-49(43-40-46)71(66-37-20-30-58-57-29-12-19-38-67(57)72-68(58)66)65-36-18-11-28-56(65)53-26-9-8-25-52(53)51-24-7-6-23-50(51)47-21-4-3-5-22-47/h3-45H,1-2H3. The van der Waals surface area contributed by atoms with Crippen LogP contribution in [-0.2, 0) is 10.8 Å². The average molecular weight is 936 g/mol. The van der Waals surface area contributed by atoms with Crippen molar-refractivity contribution < 1.29 is 0 Å². The van der Waals surface area contributed by atoms with E-state index in [1.807, 2.05) is 11.3 Å². The SMILES string of the molecule is CC1(C)c2ccccc2C2(c3ccccc3-c3ccc(-c4ccc(N(c5ccccc5-c5ccccc5-c5ccccc5-c5ccccc5)c5cccc6c5sc5ccccc56)cc4)cc32)c2ccccc21. The van der Waals surface area contributed by atoms with Gasteiger partial charge >= 0.3 is 0 Å². The van der Waals surface area contributed by atoms with Crippen molar-refractivity contribution >= 4 is 48.6 Å². The molecular formula is C70H49NS. The van der Waals surface area contributed by atoms with Gasteiger partial charge in [0.25, 0.3) is 0 Å². The van der Waals surface area contributed by atoms with Crippen molar-refractivity contribution in [3.8, 4) is 55.6 Å². The number of nitrogens with zero attached hydrogens (tertiary/aromatic N) is 1. The largest absolute Gasteiger partial charge is 0.308 e. The monoisotopic (exact) mass is 935 g/mol. The van der Waals surface area contributed by atoms with Crippen LogP contribution < -0.4 is 4.90 Å².